The monoisotopic (exact) mass is 419 g/mol. The maximum absolute atomic E-state index is 12.9. The van der Waals surface area contributed by atoms with Gasteiger partial charge in [-0.15, -0.1) is 0 Å². The molecule has 10 heteroatoms. The van der Waals surface area contributed by atoms with Gasteiger partial charge in [0, 0.05) is 17.5 Å². The van der Waals surface area contributed by atoms with E-state index < -0.39 is 39.8 Å². The molecule has 9 nitrogen and oxygen atoms in total. The number of benzene rings is 1. The highest BCUT2D eigenvalue weighted by molar-refractivity contribution is 7.90. The molecule has 4 amide bonds. The van der Waals surface area contributed by atoms with E-state index in [-0.39, 0.29) is 4.90 Å². The minimum absolute atomic E-state index is 0.117. The highest BCUT2D eigenvalue weighted by Gasteiger charge is 2.51. The standard InChI is InChI=1S/C19H21N3O6S/c1-11-9-15(12(2)28-11)19(3)17(24)22(18(25)21-19)10-16(23)20-13-5-7-14(8-6-13)29(4,26)27/h5-9H,10H2,1-4H3,(H,20,23)(H,21,25). The van der Waals surface area contributed by atoms with Crippen molar-refractivity contribution in [2.45, 2.75) is 31.2 Å². The van der Waals surface area contributed by atoms with Crippen LogP contribution in [0.5, 0.6) is 0 Å². The number of imide groups is 1. The largest absolute Gasteiger partial charge is 0.466 e. The van der Waals surface area contributed by atoms with E-state index in [4.69, 9.17) is 4.42 Å². The lowest BCUT2D eigenvalue weighted by Crippen LogP contribution is -2.42. The zero-order valence-corrected chi connectivity index (χ0v) is 17.2. The number of amides is 4. The molecule has 1 aromatic heterocycles. The second kappa shape index (κ2) is 7.03. The molecule has 29 heavy (non-hydrogen) atoms. The summed E-state index contributed by atoms with van der Waals surface area (Å²) in [5.41, 5.74) is -0.442. The molecule has 0 saturated carbocycles. The molecule has 1 atom stereocenters. The Kier molecular flexibility index (Phi) is 4.99. The molecule has 3 rings (SSSR count). The van der Waals surface area contributed by atoms with Crippen LogP contribution in [-0.4, -0.2) is 44.0 Å². The van der Waals surface area contributed by atoms with Crippen molar-refractivity contribution < 1.29 is 27.2 Å². The van der Waals surface area contributed by atoms with Gasteiger partial charge in [0.2, 0.25) is 5.91 Å². The summed E-state index contributed by atoms with van der Waals surface area (Å²) in [6, 6.07) is 6.59. The van der Waals surface area contributed by atoms with Crippen molar-refractivity contribution >= 4 is 33.4 Å². The number of furan rings is 1. The summed E-state index contributed by atoms with van der Waals surface area (Å²) >= 11 is 0. The number of carbonyl (C=O) groups excluding carboxylic acids is 3. The maximum atomic E-state index is 12.9. The van der Waals surface area contributed by atoms with Gasteiger partial charge in [0.15, 0.2) is 9.84 Å². The molecule has 154 valence electrons. The molecule has 2 aromatic rings. The summed E-state index contributed by atoms with van der Waals surface area (Å²) in [6.45, 7) is 4.51. The smallest absolute Gasteiger partial charge is 0.325 e. The molecule has 0 aliphatic carbocycles. The van der Waals surface area contributed by atoms with Gasteiger partial charge in [0.05, 0.1) is 4.90 Å². The van der Waals surface area contributed by atoms with Gasteiger partial charge in [-0.05, 0) is 51.1 Å². The minimum atomic E-state index is -3.35. The average molecular weight is 419 g/mol. The van der Waals surface area contributed by atoms with Gasteiger partial charge in [-0.25, -0.2) is 13.2 Å². The molecule has 0 spiro atoms. The van der Waals surface area contributed by atoms with Gasteiger partial charge < -0.3 is 15.1 Å². The first-order valence-electron chi connectivity index (χ1n) is 8.73. The molecule has 0 bridgehead atoms. The summed E-state index contributed by atoms with van der Waals surface area (Å²) in [5.74, 6) is -0.0376. The molecule has 2 heterocycles. The van der Waals surface area contributed by atoms with Crippen LogP contribution in [0.4, 0.5) is 10.5 Å². The van der Waals surface area contributed by atoms with Gasteiger partial charge in [-0.1, -0.05) is 0 Å². The predicted molar refractivity (Wildman–Crippen MR) is 104 cm³/mol. The molecule has 1 aliphatic rings. The van der Waals surface area contributed by atoms with Gasteiger partial charge in [0.1, 0.15) is 23.6 Å². The van der Waals surface area contributed by atoms with Crippen LogP contribution >= 0.6 is 0 Å². The molecule has 1 saturated heterocycles. The van der Waals surface area contributed by atoms with Crippen molar-refractivity contribution in [2.24, 2.45) is 0 Å². The third-order valence-corrected chi connectivity index (χ3v) is 5.85. The molecule has 1 aliphatic heterocycles. The lowest BCUT2D eigenvalue weighted by atomic mass is 9.92. The van der Waals surface area contributed by atoms with E-state index >= 15 is 0 Å². The predicted octanol–water partition coefficient (Wildman–Crippen LogP) is 1.71. The van der Waals surface area contributed by atoms with Crippen LogP contribution in [0.1, 0.15) is 24.0 Å². The number of rotatable bonds is 5. The van der Waals surface area contributed by atoms with E-state index in [1.54, 1.807) is 26.8 Å². The Balaban J connectivity index is 1.73. The summed E-state index contributed by atoms with van der Waals surface area (Å²) < 4.78 is 28.4. The van der Waals surface area contributed by atoms with E-state index in [2.05, 4.69) is 10.6 Å². The Morgan fingerprint density at radius 3 is 2.34 bits per heavy atom. The lowest BCUT2D eigenvalue weighted by molar-refractivity contribution is -0.133. The van der Waals surface area contributed by atoms with Gasteiger partial charge >= 0.3 is 6.03 Å². The van der Waals surface area contributed by atoms with Crippen LogP contribution in [0.3, 0.4) is 0 Å². The van der Waals surface area contributed by atoms with E-state index in [0.29, 0.717) is 22.8 Å². The number of urea groups is 1. The van der Waals surface area contributed by atoms with Gasteiger partial charge in [-0.2, -0.15) is 0 Å². The number of hydrogen-bond acceptors (Lipinski definition) is 6. The SMILES string of the molecule is Cc1cc(C2(C)NC(=O)N(CC(=O)Nc3ccc(S(C)(=O)=O)cc3)C2=O)c(C)o1. The van der Waals surface area contributed by atoms with Gasteiger partial charge in [-0.3, -0.25) is 14.5 Å². The third-order valence-electron chi connectivity index (χ3n) is 4.72. The lowest BCUT2D eigenvalue weighted by Gasteiger charge is -2.21. The average Bonchev–Trinajstić information content (AvgIpc) is 3.06. The van der Waals surface area contributed by atoms with Crippen LogP contribution in [-0.2, 0) is 25.0 Å². The van der Waals surface area contributed by atoms with Crippen LogP contribution in [0.25, 0.3) is 0 Å². The molecular weight excluding hydrogens is 398 g/mol. The zero-order chi connectivity index (χ0) is 21.6. The van der Waals surface area contributed by atoms with E-state index in [0.717, 1.165) is 11.2 Å². The summed E-state index contributed by atoms with van der Waals surface area (Å²) in [7, 11) is -3.35. The Morgan fingerprint density at radius 1 is 1.21 bits per heavy atom. The Labute approximate surface area is 168 Å². The topological polar surface area (TPSA) is 126 Å². The third kappa shape index (κ3) is 3.88. The molecule has 1 aromatic carbocycles. The molecule has 1 fully saturated rings. The van der Waals surface area contributed by atoms with Crippen molar-refractivity contribution in [3.8, 4) is 0 Å². The second-order valence-corrected chi connectivity index (χ2v) is 9.13. The molecular formula is C19H21N3O6S. The van der Waals surface area contributed by atoms with Crippen LogP contribution in [0.15, 0.2) is 39.6 Å². The van der Waals surface area contributed by atoms with Crippen LogP contribution in [0.2, 0.25) is 0 Å². The molecule has 1 unspecified atom stereocenters. The molecule has 0 radical (unpaired) electrons. The Bertz CT molecular complexity index is 1100. The minimum Gasteiger partial charge on any atom is -0.466 e. The highest BCUT2D eigenvalue weighted by atomic mass is 32.2. The van der Waals surface area contributed by atoms with E-state index in [9.17, 15) is 22.8 Å². The number of aryl methyl sites for hydroxylation is 2. The first-order valence-corrected chi connectivity index (χ1v) is 10.6. The fourth-order valence-corrected chi connectivity index (χ4v) is 3.91. The van der Waals surface area contributed by atoms with E-state index in [1.807, 2.05) is 0 Å². The van der Waals surface area contributed by atoms with Crippen molar-refractivity contribution in [2.75, 3.05) is 18.1 Å². The van der Waals surface area contributed by atoms with E-state index in [1.165, 1.54) is 24.3 Å². The Morgan fingerprint density at radius 2 is 1.83 bits per heavy atom. The maximum Gasteiger partial charge on any atom is 0.325 e. The quantitative estimate of drug-likeness (QED) is 0.711. The fourth-order valence-electron chi connectivity index (χ4n) is 3.28. The fraction of sp³-hybridized carbons (Fsp3) is 0.316. The number of anilines is 1. The first-order chi connectivity index (χ1) is 13.4. The number of nitrogens with one attached hydrogen (secondary N) is 2. The van der Waals surface area contributed by atoms with Crippen molar-refractivity contribution in [1.29, 1.82) is 0 Å². The normalized spacial score (nSPS) is 19.4. The summed E-state index contributed by atoms with van der Waals surface area (Å²) in [6.07, 6.45) is 1.08. The van der Waals surface area contributed by atoms with Crippen molar-refractivity contribution in [3.05, 3.63) is 47.4 Å². The second-order valence-electron chi connectivity index (χ2n) is 7.12. The van der Waals surface area contributed by atoms with Crippen molar-refractivity contribution in [3.63, 3.8) is 0 Å². The summed E-state index contributed by atoms with van der Waals surface area (Å²) in [4.78, 5) is 38.5. The van der Waals surface area contributed by atoms with Crippen LogP contribution in [0, 0.1) is 13.8 Å². The number of carbonyl (C=O) groups is 3. The van der Waals surface area contributed by atoms with Gasteiger partial charge in [0.25, 0.3) is 5.91 Å². The van der Waals surface area contributed by atoms with Crippen molar-refractivity contribution in [1.82, 2.24) is 10.2 Å². The zero-order valence-electron chi connectivity index (χ0n) is 16.4. The highest BCUT2D eigenvalue weighted by Crippen LogP contribution is 2.32. The Hall–Kier alpha value is -3.14. The molecule has 2 N–H and O–H groups in total. The van der Waals surface area contributed by atoms with Crippen LogP contribution < -0.4 is 10.6 Å². The number of nitrogens with zero attached hydrogens (tertiary/aromatic N) is 1. The number of hydrogen-bond donors (Lipinski definition) is 2. The summed E-state index contributed by atoms with van der Waals surface area (Å²) in [5, 5.41) is 5.17. The number of sulfone groups is 1. The first kappa shape index (κ1) is 20.6.